The van der Waals surface area contributed by atoms with Crippen LogP contribution < -0.4 is 0 Å². The van der Waals surface area contributed by atoms with Crippen LogP contribution in [0, 0.1) is 0 Å². The topological polar surface area (TPSA) is 9.23 Å². The van der Waals surface area contributed by atoms with Gasteiger partial charge in [-0.25, -0.2) is 0 Å². The summed E-state index contributed by atoms with van der Waals surface area (Å²) in [5.74, 6) is 0. The van der Waals surface area contributed by atoms with Gasteiger partial charge in [0.15, 0.2) is 0 Å². The van der Waals surface area contributed by atoms with E-state index in [9.17, 15) is 0 Å². The molecule has 0 saturated heterocycles. The third kappa shape index (κ3) is 2.95. The first-order chi connectivity index (χ1) is 1.91. The van der Waals surface area contributed by atoms with Crippen LogP contribution in [-0.4, -0.2) is 7.11 Å². The number of rotatable bonds is 1. The molecule has 0 aromatic rings. The van der Waals surface area contributed by atoms with Gasteiger partial charge in [0.2, 0.25) is 0 Å². The molecule has 0 aliphatic rings. The zero-order valence-electron chi connectivity index (χ0n) is 2.26. The van der Waals surface area contributed by atoms with Crippen LogP contribution >= 0.6 is 6.44 Å². The van der Waals surface area contributed by atoms with Gasteiger partial charge < -0.3 is 0 Å². The standard InChI is InChI=1S/CH3OP.Mo/c1-2-3;/h1H3;. The molecule has 0 fully saturated rings. The Hall–Kier alpha value is 0.948. The summed E-state index contributed by atoms with van der Waals surface area (Å²) in [6.07, 6.45) is 1.01. The van der Waals surface area contributed by atoms with Gasteiger partial charge in [-0.05, 0) is 0 Å². The van der Waals surface area contributed by atoms with Crippen LogP contribution in [0.1, 0.15) is 0 Å². The fourth-order valence-electron chi connectivity index (χ4n) is 0. The first kappa shape index (κ1) is 4.95. The van der Waals surface area contributed by atoms with Gasteiger partial charge in [-0.1, -0.05) is 0 Å². The van der Waals surface area contributed by atoms with Crippen molar-refractivity contribution in [3.63, 3.8) is 0 Å². The molecule has 0 N–H and O–H groups in total. The molecule has 0 amide bonds. The molecule has 4 heavy (non-hydrogen) atoms. The van der Waals surface area contributed by atoms with E-state index in [1.165, 1.54) is 0 Å². The van der Waals surface area contributed by atoms with Gasteiger partial charge in [-0.2, -0.15) is 0 Å². The zero-order chi connectivity index (χ0) is 3.41. The molecule has 0 aromatic heterocycles. The average molecular weight is 158 g/mol. The molecule has 0 rings (SSSR count). The third-order valence-corrected chi connectivity index (χ3v) is 1.32. The van der Waals surface area contributed by atoms with Gasteiger partial charge in [0, 0.05) is 0 Å². The summed E-state index contributed by atoms with van der Waals surface area (Å²) in [6, 6.07) is 0. The van der Waals surface area contributed by atoms with Crippen molar-refractivity contribution in [2.24, 2.45) is 0 Å². The monoisotopic (exact) mass is 160 g/mol. The molecule has 0 heterocycles. The van der Waals surface area contributed by atoms with Crippen molar-refractivity contribution in [1.29, 1.82) is 0 Å². The third-order valence-electron chi connectivity index (χ3n) is 0.0745. The van der Waals surface area contributed by atoms with Crippen molar-refractivity contribution in [3.05, 3.63) is 0 Å². The van der Waals surface area contributed by atoms with Gasteiger partial charge in [0.25, 0.3) is 0 Å². The van der Waals surface area contributed by atoms with E-state index < -0.39 is 0 Å². The Balaban J connectivity index is 2.30. The van der Waals surface area contributed by atoms with Crippen molar-refractivity contribution in [2.45, 2.75) is 0 Å². The molecule has 0 saturated carbocycles. The molecule has 0 spiro atoms. The van der Waals surface area contributed by atoms with Crippen molar-refractivity contribution in [1.82, 2.24) is 0 Å². The predicted molar refractivity (Wildman–Crippen MR) is 13.9 cm³/mol. The minimum atomic E-state index is 1.01. The second kappa shape index (κ2) is 3.95. The predicted octanol–water partition coefficient (Wildman–Crippen LogP) is 0.956. The Labute approximate surface area is 37.4 Å². The van der Waals surface area contributed by atoms with Gasteiger partial charge in [-0.3, -0.25) is 0 Å². The summed E-state index contributed by atoms with van der Waals surface area (Å²) in [7, 11) is 1.67. The van der Waals surface area contributed by atoms with Crippen LogP contribution in [0.3, 0.4) is 0 Å². The van der Waals surface area contributed by atoms with E-state index in [0.29, 0.717) is 0 Å². The summed E-state index contributed by atoms with van der Waals surface area (Å²) >= 11 is 1.87. The molecule has 0 bridgehead atoms. The average Bonchev–Trinajstić information content (AvgIpc) is 1.37. The molecule has 0 unspecified atom stereocenters. The van der Waals surface area contributed by atoms with E-state index in [0.717, 1.165) is 6.44 Å². The van der Waals surface area contributed by atoms with Crippen molar-refractivity contribution in [3.8, 4) is 0 Å². The molecule has 0 aromatic carbocycles. The molecular formula is CH3MoOP. The Bertz CT molecular complexity index is 22.0. The van der Waals surface area contributed by atoms with Gasteiger partial charge in [0.05, 0.1) is 0 Å². The van der Waals surface area contributed by atoms with E-state index in [2.05, 4.69) is 4.52 Å². The van der Waals surface area contributed by atoms with E-state index >= 15 is 0 Å². The second-order valence-electron chi connectivity index (χ2n) is 0.257. The molecule has 0 aliphatic heterocycles. The van der Waals surface area contributed by atoms with Crippen LogP contribution in [0.15, 0.2) is 0 Å². The van der Waals surface area contributed by atoms with E-state index in [1.807, 2.05) is 18.8 Å². The molecule has 0 atom stereocenters. The maximum atomic E-state index is 4.52. The Kier molecular flexibility index (Phi) is 4.88. The van der Waals surface area contributed by atoms with Gasteiger partial charge in [-0.15, -0.1) is 0 Å². The van der Waals surface area contributed by atoms with Crippen LogP contribution in [-0.2, 0) is 23.3 Å². The molecule has 0 radical (unpaired) electrons. The summed E-state index contributed by atoms with van der Waals surface area (Å²) in [4.78, 5) is 0. The van der Waals surface area contributed by atoms with Crippen molar-refractivity contribution < 1.29 is 23.3 Å². The van der Waals surface area contributed by atoms with Crippen LogP contribution in [0.5, 0.6) is 0 Å². The molecule has 1 nitrogen and oxygen atoms in total. The maximum absolute atomic E-state index is 4.52. The fourth-order valence-corrected chi connectivity index (χ4v) is 0. The van der Waals surface area contributed by atoms with E-state index in [1.54, 1.807) is 7.11 Å². The molecule has 0 aliphatic carbocycles. The molecule has 3 heteroatoms. The Morgan fingerprint density at radius 2 is 2.25 bits per heavy atom. The normalized spacial score (nSPS) is 8.25. The summed E-state index contributed by atoms with van der Waals surface area (Å²) in [5.41, 5.74) is 0. The van der Waals surface area contributed by atoms with Crippen LogP contribution in [0.4, 0.5) is 0 Å². The van der Waals surface area contributed by atoms with Crippen LogP contribution in [0.25, 0.3) is 0 Å². The quantitative estimate of drug-likeness (QED) is 0.407. The fraction of sp³-hybridized carbons (Fsp3) is 1.00. The first-order valence-corrected chi connectivity index (χ1v) is 4.20. The van der Waals surface area contributed by atoms with Crippen molar-refractivity contribution in [2.75, 3.05) is 7.11 Å². The minimum absolute atomic E-state index is 1.01. The second-order valence-corrected chi connectivity index (χ2v) is 1.87. The Morgan fingerprint density at radius 1 is 2.00 bits per heavy atom. The number of hydrogen-bond acceptors (Lipinski definition) is 1. The first-order valence-electron chi connectivity index (χ1n) is 0.773. The van der Waals surface area contributed by atoms with E-state index in [-0.39, 0.29) is 0 Å². The SMILES string of the molecule is CO[P]=[Mo]. The summed E-state index contributed by atoms with van der Waals surface area (Å²) < 4.78 is 4.52. The van der Waals surface area contributed by atoms with Gasteiger partial charge in [0.1, 0.15) is 0 Å². The number of hydrogen-bond donors (Lipinski definition) is 0. The Morgan fingerprint density at radius 3 is 2.25 bits per heavy atom. The summed E-state index contributed by atoms with van der Waals surface area (Å²) in [5, 5.41) is 0. The van der Waals surface area contributed by atoms with Gasteiger partial charge >= 0.3 is 36.9 Å². The summed E-state index contributed by atoms with van der Waals surface area (Å²) in [6.45, 7) is 0. The molecule has 24 valence electrons. The zero-order valence-corrected chi connectivity index (χ0v) is 5.17. The molecular weight excluding hydrogens is 155 g/mol. The van der Waals surface area contributed by atoms with Crippen LogP contribution in [0.2, 0.25) is 0 Å². The van der Waals surface area contributed by atoms with E-state index in [4.69, 9.17) is 0 Å². The van der Waals surface area contributed by atoms with Crippen molar-refractivity contribution >= 4 is 6.44 Å².